The highest BCUT2D eigenvalue weighted by Crippen LogP contribution is 2.41. The fraction of sp³-hybridized carbons (Fsp3) is 0.364. The average Bonchev–Trinajstić information content (AvgIpc) is 2.93. The Kier molecular flexibility index (Phi) is 4.65. The fourth-order valence-electron chi connectivity index (χ4n) is 4.03. The first kappa shape index (κ1) is 18.0. The zero-order valence-corrected chi connectivity index (χ0v) is 17.3. The summed E-state index contributed by atoms with van der Waals surface area (Å²) in [5, 5.41) is 1.52. The SMILES string of the molecule is CN(C1=CC([Si](C)(C)NC(C)(C)C)=C2C=CC=CC12)c1ccccc1. The number of benzene rings is 1. The van der Waals surface area contributed by atoms with Crippen molar-refractivity contribution in [1.82, 2.24) is 4.98 Å². The minimum Gasteiger partial charge on any atom is -0.347 e. The monoisotopic (exact) mass is 350 g/mol. The van der Waals surface area contributed by atoms with Crippen LogP contribution in [0.2, 0.25) is 13.1 Å². The third kappa shape index (κ3) is 3.73. The van der Waals surface area contributed by atoms with Gasteiger partial charge in [0.2, 0.25) is 0 Å². The molecule has 0 bridgehead atoms. The van der Waals surface area contributed by atoms with Crippen LogP contribution in [0, 0.1) is 5.92 Å². The number of anilines is 1. The summed E-state index contributed by atoms with van der Waals surface area (Å²) < 4.78 is 0. The lowest BCUT2D eigenvalue weighted by molar-refractivity contribution is 0.514. The zero-order chi connectivity index (χ0) is 18.2. The number of rotatable bonds is 4. The molecule has 1 N–H and O–H groups in total. The molecule has 3 heteroatoms. The van der Waals surface area contributed by atoms with Crippen LogP contribution >= 0.6 is 0 Å². The Morgan fingerprint density at radius 1 is 1.04 bits per heavy atom. The minimum atomic E-state index is -1.76. The van der Waals surface area contributed by atoms with Crippen LogP contribution < -0.4 is 9.88 Å². The number of nitrogens with zero attached hydrogens (tertiary/aromatic N) is 1. The van der Waals surface area contributed by atoms with E-state index in [1.807, 2.05) is 0 Å². The van der Waals surface area contributed by atoms with Gasteiger partial charge in [-0.25, -0.2) is 0 Å². The highest BCUT2D eigenvalue weighted by atomic mass is 28.3. The molecule has 0 saturated carbocycles. The lowest BCUT2D eigenvalue weighted by atomic mass is 9.95. The van der Waals surface area contributed by atoms with Crippen LogP contribution in [-0.2, 0) is 0 Å². The molecule has 0 heterocycles. The molecule has 0 spiro atoms. The van der Waals surface area contributed by atoms with Crippen LogP contribution in [-0.4, -0.2) is 20.8 Å². The fourth-order valence-corrected chi connectivity index (χ4v) is 7.51. The number of nitrogens with one attached hydrogen (secondary N) is 1. The number of hydrogen-bond acceptors (Lipinski definition) is 2. The summed E-state index contributed by atoms with van der Waals surface area (Å²) in [6.07, 6.45) is 11.4. The largest absolute Gasteiger partial charge is 0.347 e. The van der Waals surface area contributed by atoms with Gasteiger partial charge >= 0.3 is 0 Å². The van der Waals surface area contributed by atoms with E-state index in [9.17, 15) is 0 Å². The first-order valence-corrected chi connectivity index (χ1v) is 12.1. The highest BCUT2D eigenvalue weighted by molar-refractivity contribution is 6.83. The van der Waals surface area contributed by atoms with E-state index in [1.54, 1.807) is 0 Å². The maximum absolute atomic E-state index is 3.93. The smallest absolute Gasteiger partial charge is 0.152 e. The molecule has 1 aromatic carbocycles. The molecular formula is C22H30N2Si. The number of fused-ring (bicyclic) bond motifs is 1. The summed E-state index contributed by atoms with van der Waals surface area (Å²) in [5.41, 5.74) is 4.19. The van der Waals surface area contributed by atoms with Gasteiger partial charge in [0.25, 0.3) is 0 Å². The van der Waals surface area contributed by atoms with Gasteiger partial charge in [-0.2, -0.15) is 0 Å². The topological polar surface area (TPSA) is 15.3 Å². The Hall–Kier alpha value is -1.84. The maximum Gasteiger partial charge on any atom is 0.152 e. The van der Waals surface area contributed by atoms with Crippen molar-refractivity contribution in [2.24, 2.45) is 5.92 Å². The molecular weight excluding hydrogens is 320 g/mol. The quantitative estimate of drug-likeness (QED) is 0.752. The highest BCUT2D eigenvalue weighted by Gasteiger charge is 2.38. The van der Waals surface area contributed by atoms with Crippen LogP contribution in [0.5, 0.6) is 0 Å². The van der Waals surface area contributed by atoms with E-state index in [0.717, 1.165) is 0 Å². The molecule has 25 heavy (non-hydrogen) atoms. The van der Waals surface area contributed by atoms with E-state index in [-0.39, 0.29) is 5.54 Å². The van der Waals surface area contributed by atoms with Crippen molar-refractivity contribution in [1.29, 1.82) is 0 Å². The molecule has 0 aromatic heterocycles. The summed E-state index contributed by atoms with van der Waals surface area (Å²) in [7, 11) is 0.419. The van der Waals surface area contributed by atoms with Gasteiger partial charge in [0.1, 0.15) is 0 Å². The van der Waals surface area contributed by atoms with Crippen molar-refractivity contribution in [3.63, 3.8) is 0 Å². The average molecular weight is 351 g/mol. The molecule has 1 atom stereocenters. The molecule has 0 aliphatic heterocycles. The van der Waals surface area contributed by atoms with Crippen molar-refractivity contribution in [2.75, 3.05) is 11.9 Å². The molecule has 3 rings (SSSR count). The number of para-hydroxylation sites is 1. The van der Waals surface area contributed by atoms with Gasteiger partial charge in [-0.3, -0.25) is 0 Å². The van der Waals surface area contributed by atoms with E-state index in [4.69, 9.17) is 0 Å². The minimum absolute atomic E-state index is 0.120. The standard InChI is InChI=1S/C22H30N2Si/c1-22(2,3)23-25(5,6)21-16-20(18-14-10-11-15-19(18)21)24(4)17-12-8-7-9-13-17/h7-16,18,23H,1-6H3. The Balaban J connectivity index is 2.00. The van der Waals surface area contributed by atoms with Crippen molar-refractivity contribution in [3.8, 4) is 0 Å². The van der Waals surface area contributed by atoms with Crippen LogP contribution in [0.15, 0.2) is 77.2 Å². The summed E-state index contributed by atoms with van der Waals surface area (Å²) >= 11 is 0. The summed E-state index contributed by atoms with van der Waals surface area (Å²) in [5.74, 6) is 0.360. The second kappa shape index (κ2) is 6.47. The van der Waals surface area contributed by atoms with Crippen molar-refractivity contribution in [2.45, 2.75) is 39.4 Å². The Bertz CT molecular complexity index is 761. The van der Waals surface area contributed by atoms with Crippen LogP contribution in [0.25, 0.3) is 0 Å². The molecule has 0 amide bonds. The predicted octanol–water partition coefficient (Wildman–Crippen LogP) is 5.19. The summed E-state index contributed by atoms with van der Waals surface area (Å²) in [4.78, 5) is 6.27. The van der Waals surface area contributed by atoms with Gasteiger partial charge in [-0.05, 0) is 49.7 Å². The van der Waals surface area contributed by atoms with Gasteiger partial charge in [-0.1, -0.05) is 55.6 Å². The van der Waals surface area contributed by atoms with Crippen LogP contribution in [0.1, 0.15) is 20.8 Å². The molecule has 0 radical (unpaired) electrons. The van der Waals surface area contributed by atoms with E-state index in [1.165, 1.54) is 22.2 Å². The zero-order valence-electron chi connectivity index (χ0n) is 16.3. The van der Waals surface area contributed by atoms with E-state index < -0.39 is 8.24 Å². The number of allylic oxidation sites excluding steroid dienone is 6. The lowest BCUT2D eigenvalue weighted by Crippen LogP contribution is -2.55. The molecule has 0 fully saturated rings. The Morgan fingerprint density at radius 2 is 1.72 bits per heavy atom. The third-order valence-electron chi connectivity index (χ3n) is 4.84. The predicted molar refractivity (Wildman–Crippen MR) is 112 cm³/mol. The number of hydrogen-bond donors (Lipinski definition) is 1. The molecule has 2 aliphatic rings. The molecule has 1 aromatic rings. The van der Waals surface area contributed by atoms with Gasteiger partial charge in [0.15, 0.2) is 8.24 Å². The molecule has 0 saturated heterocycles. The van der Waals surface area contributed by atoms with E-state index >= 15 is 0 Å². The van der Waals surface area contributed by atoms with E-state index in [2.05, 4.69) is 112 Å². The van der Waals surface area contributed by atoms with Crippen molar-refractivity contribution in [3.05, 3.63) is 77.2 Å². The Morgan fingerprint density at radius 3 is 2.36 bits per heavy atom. The summed E-state index contributed by atoms with van der Waals surface area (Å²) in [6, 6.07) is 10.6. The first-order valence-electron chi connectivity index (χ1n) is 9.08. The summed E-state index contributed by atoms with van der Waals surface area (Å²) in [6.45, 7) is 11.6. The second-order valence-corrected chi connectivity index (χ2v) is 12.6. The van der Waals surface area contributed by atoms with Crippen LogP contribution in [0.3, 0.4) is 0 Å². The maximum atomic E-state index is 3.93. The molecule has 2 nitrogen and oxygen atoms in total. The third-order valence-corrected chi connectivity index (χ3v) is 7.99. The lowest BCUT2D eigenvalue weighted by Gasteiger charge is -2.34. The molecule has 2 aliphatic carbocycles. The van der Waals surface area contributed by atoms with Gasteiger partial charge < -0.3 is 9.88 Å². The Labute approximate surface area is 153 Å². The van der Waals surface area contributed by atoms with E-state index in [0.29, 0.717) is 5.92 Å². The van der Waals surface area contributed by atoms with Crippen molar-refractivity contribution >= 4 is 13.9 Å². The van der Waals surface area contributed by atoms with Gasteiger partial charge in [0.05, 0.1) is 0 Å². The van der Waals surface area contributed by atoms with Crippen molar-refractivity contribution < 1.29 is 0 Å². The van der Waals surface area contributed by atoms with Gasteiger partial charge in [0, 0.05) is 29.9 Å². The first-order chi connectivity index (χ1) is 11.7. The van der Waals surface area contributed by atoms with Gasteiger partial charge in [-0.15, -0.1) is 0 Å². The molecule has 1 unspecified atom stereocenters. The second-order valence-electron chi connectivity index (χ2n) is 8.55. The van der Waals surface area contributed by atoms with Crippen LogP contribution in [0.4, 0.5) is 5.69 Å². The molecule has 132 valence electrons. The normalized spacial score (nSPS) is 19.9.